The van der Waals surface area contributed by atoms with Gasteiger partial charge in [-0.05, 0) is 12.1 Å². The Morgan fingerprint density at radius 1 is 1.14 bits per heavy atom. The lowest BCUT2D eigenvalue weighted by molar-refractivity contribution is 1.18. The first kappa shape index (κ1) is 9.03. The lowest BCUT2D eigenvalue weighted by Gasteiger charge is -1.93. The lowest BCUT2D eigenvalue weighted by atomic mass is 10.2. The summed E-state index contributed by atoms with van der Waals surface area (Å²) in [5, 5.41) is 1.26. The van der Waals surface area contributed by atoms with Crippen molar-refractivity contribution in [1.82, 2.24) is 9.38 Å². The number of hydrogen-bond acceptors (Lipinski definition) is 1. The topological polar surface area (TPSA) is 17.3 Å². The molecule has 3 heteroatoms. The molecule has 2 heterocycles. The Morgan fingerprint density at radius 2 is 2.00 bits per heavy atom. The monoisotopic (exact) mass is 204 g/mol. The van der Waals surface area contributed by atoms with Gasteiger partial charge in [0.15, 0.2) is 0 Å². The maximum Gasteiger partial charge on any atom is 0.0645 e. The molecule has 0 fully saturated rings. The number of para-hydroxylation sites is 1. The van der Waals surface area contributed by atoms with Crippen LogP contribution in [0.1, 0.15) is 0 Å². The van der Waals surface area contributed by atoms with Gasteiger partial charge in [-0.1, -0.05) is 18.2 Å². The first-order valence-electron chi connectivity index (χ1n) is 4.25. The average molecular weight is 205 g/mol. The molecule has 1 aromatic carbocycles. The van der Waals surface area contributed by atoms with Gasteiger partial charge >= 0.3 is 0 Å². The van der Waals surface area contributed by atoms with Crippen molar-refractivity contribution in [3.8, 4) is 0 Å². The average Bonchev–Trinajstić information content (AvgIpc) is 2.56. The zero-order valence-electron chi connectivity index (χ0n) is 7.42. The molecule has 2 aromatic heterocycles. The number of benzene rings is 1. The molecule has 14 heavy (non-hydrogen) atoms. The summed E-state index contributed by atoms with van der Waals surface area (Å²) >= 11 is 0. The summed E-state index contributed by atoms with van der Waals surface area (Å²) in [5.41, 5.74) is 2.38. The van der Waals surface area contributed by atoms with Crippen molar-refractivity contribution >= 4 is 28.8 Å². The lowest BCUT2D eigenvalue weighted by Crippen LogP contribution is -1.82. The van der Waals surface area contributed by atoms with E-state index in [9.17, 15) is 0 Å². The molecule has 0 aliphatic carbocycles. The maximum atomic E-state index is 4.09. The minimum atomic E-state index is 0. The standard InChI is InChI=1S/C11H8N2.ClH/c1-2-4-11-9(3-1)7-10-8-12-5-6-13(10)11;/h1-8H;1H. The fourth-order valence-electron chi connectivity index (χ4n) is 1.69. The van der Waals surface area contributed by atoms with Crippen LogP contribution in [-0.2, 0) is 0 Å². The SMILES string of the molecule is Cl.c1ccc2c(c1)cc1cnccn12. The Hall–Kier alpha value is -1.54. The van der Waals surface area contributed by atoms with Gasteiger partial charge in [0, 0.05) is 17.8 Å². The van der Waals surface area contributed by atoms with Gasteiger partial charge in [0.05, 0.1) is 17.2 Å². The highest BCUT2D eigenvalue weighted by Crippen LogP contribution is 2.18. The third-order valence-electron chi connectivity index (χ3n) is 2.29. The third-order valence-corrected chi connectivity index (χ3v) is 2.29. The zero-order chi connectivity index (χ0) is 8.67. The Morgan fingerprint density at radius 3 is 2.93 bits per heavy atom. The summed E-state index contributed by atoms with van der Waals surface area (Å²) in [6.45, 7) is 0. The fraction of sp³-hybridized carbons (Fsp3) is 0. The summed E-state index contributed by atoms with van der Waals surface area (Å²) in [7, 11) is 0. The molecule has 0 saturated carbocycles. The second kappa shape index (κ2) is 3.31. The van der Waals surface area contributed by atoms with E-state index in [1.54, 1.807) is 6.20 Å². The summed E-state index contributed by atoms with van der Waals surface area (Å²) in [5.74, 6) is 0. The molecule has 0 N–H and O–H groups in total. The van der Waals surface area contributed by atoms with Gasteiger partial charge in [-0.15, -0.1) is 12.4 Å². The van der Waals surface area contributed by atoms with E-state index in [1.807, 2.05) is 12.4 Å². The van der Waals surface area contributed by atoms with E-state index >= 15 is 0 Å². The van der Waals surface area contributed by atoms with Crippen LogP contribution in [0.5, 0.6) is 0 Å². The molecule has 0 atom stereocenters. The first-order valence-corrected chi connectivity index (χ1v) is 4.25. The predicted octanol–water partition coefficient (Wildman–Crippen LogP) is 2.91. The van der Waals surface area contributed by atoms with E-state index in [4.69, 9.17) is 0 Å². The van der Waals surface area contributed by atoms with E-state index in [0.717, 1.165) is 5.52 Å². The van der Waals surface area contributed by atoms with Crippen LogP contribution in [0.4, 0.5) is 0 Å². The van der Waals surface area contributed by atoms with E-state index in [0.29, 0.717) is 0 Å². The Bertz CT molecular complexity index is 521. The summed E-state index contributed by atoms with van der Waals surface area (Å²) in [6.07, 6.45) is 5.66. The van der Waals surface area contributed by atoms with Crippen LogP contribution in [-0.4, -0.2) is 9.38 Å². The van der Waals surface area contributed by atoms with E-state index in [1.165, 1.54) is 10.9 Å². The summed E-state index contributed by atoms with van der Waals surface area (Å²) in [6, 6.07) is 10.5. The fourth-order valence-corrected chi connectivity index (χ4v) is 1.69. The van der Waals surface area contributed by atoms with Gasteiger partial charge < -0.3 is 4.40 Å². The van der Waals surface area contributed by atoms with Gasteiger partial charge in [0.1, 0.15) is 0 Å². The van der Waals surface area contributed by atoms with Gasteiger partial charge in [0.2, 0.25) is 0 Å². The largest absolute Gasteiger partial charge is 0.313 e. The number of aromatic nitrogens is 2. The molecule has 2 nitrogen and oxygen atoms in total. The summed E-state index contributed by atoms with van der Waals surface area (Å²) < 4.78 is 2.14. The number of halogens is 1. The minimum Gasteiger partial charge on any atom is -0.313 e. The molecule has 0 bridgehead atoms. The normalized spacial score (nSPS) is 10.3. The number of rotatable bonds is 0. The van der Waals surface area contributed by atoms with Crippen molar-refractivity contribution in [3.05, 3.63) is 48.9 Å². The van der Waals surface area contributed by atoms with Crippen LogP contribution in [0.3, 0.4) is 0 Å². The molecule has 70 valence electrons. The Balaban J connectivity index is 0.000000750. The Labute approximate surface area is 87.6 Å². The smallest absolute Gasteiger partial charge is 0.0645 e. The van der Waals surface area contributed by atoms with Crippen LogP contribution in [0.15, 0.2) is 48.9 Å². The van der Waals surface area contributed by atoms with Gasteiger partial charge in [-0.25, -0.2) is 0 Å². The summed E-state index contributed by atoms with van der Waals surface area (Å²) in [4.78, 5) is 4.09. The van der Waals surface area contributed by atoms with Crippen LogP contribution >= 0.6 is 12.4 Å². The third kappa shape index (κ3) is 1.16. The molecule has 3 aromatic rings. The van der Waals surface area contributed by atoms with E-state index < -0.39 is 0 Å². The van der Waals surface area contributed by atoms with Crippen molar-refractivity contribution in [1.29, 1.82) is 0 Å². The molecule has 0 spiro atoms. The van der Waals surface area contributed by atoms with Gasteiger partial charge in [-0.3, -0.25) is 4.98 Å². The maximum absolute atomic E-state index is 4.09. The van der Waals surface area contributed by atoms with Crippen LogP contribution in [0.25, 0.3) is 16.4 Å². The van der Waals surface area contributed by atoms with Crippen molar-refractivity contribution < 1.29 is 0 Å². The number of nitrogens with zero attached hydrogens (tertiary/aromatic N) is 2. The highest BCUT2D eigenvalue weighted by Gasteiger charge is 1.98. The Kier molecular flexibility index (Phi) is 2.14. The van der Waals surface area contributed by atoms with Crippen molar-refractivity contribution in [2.75, 3.05) is 0 Å². The molecular weight excluding hydrogens is 196 g/mol. The molecule has 0 aliphatic heterocycles. The highest BCUT2D eigenvalue weighted by molar-refractivity contribution is 5.86. The molecule has 3 rings (SSSR count). The van der Waals surface area contributed by atoms with E-state index in [2.05, 4.69) is 39.7 Å². The molecule has 0 aliphatic rings. The zero-order valence-corrected chi connectivity index (χ0v) is 8.24. The predicted molar refractivity (Wildman–Crippen MR) is 59.9 cm³/mol. The first-order chi connectivity index (χ1) is 6.45. The number of fused-ring (bicyclic) bond motifs is 3. The molecule has 0 radical (unpaired) electrons. The van der Waals surface area contributed by atoms with Gasteiger partial charge in [0.25, 0.3) is 0 Å². The second-order valence-corrected chi connectivity index (χ2v) is 3.07. The second-order valence-electron chi connectivity index (χ2n) is 3.07. The van der Waals surface area contributed by atoms with Crippen molar-refractivity contribution in [2.45, 2.75) is 0 Å². The minimum absolute atomic E-state index is 0. The number of hydrogen-bond donors (Lipinski definition) is 0. The highest BCUT2D eigenvalue weighted by atomic mass is 35.5. The van der Waals surface area contributed by atoms with E-state index in [-0.39, 0.29) is 12.4 Å². The molecular formula is C11H9ClN2. The molecule has 0 amide bonds. The van der Waals surface area contributed by atoms with Crippen LogP contribution in [0, 0.1) is 0 Å². The van der Waals surface area contributed by atoms with Crippen molar-refractivity contribution in [3.63, 3.8) is 0 Å². The molecule has 0 unspecified atom stereocenters. The molecule has 0 saturated heterocycles. The quantitative estimate of drug-likeness (QED) is 0.551. The van der Waals surface area contributed by atoms with Crippen molar-refractivity contribution in [2.24, 2.45) is 0 Å². The van der Waals surface area contributed by atoms with Crippen LogP contribution in [0.2, 0.25) is 0 Å². The van der Waals surface area contributed by atoms with Gasteiger partial charge in [-0.2, -0.15) is 0 Å². The van der Waals surface area contributed by atoms with Crippen LogP contribution < -0.4 is 0 Å².